The van der Waals surface area contributed by atoms with Crippen LogP contribution in [-0.4, -0.2) is 16.7 Å². The number of nitrogens with one attached hydrogen (secondary N) is 1. The van der Waals surface area contributed by atoms with Gasteiger partial charge in [0.2, 0.25) is 0 Å². The Bertz CT molecular complexity index is 620. The summed E-state index contributed by atoms with van der Waals surface area (Å²) in [6.07, 6.45) is 0.957. The average molecular weight is 262 g/mol. The number of amides is 1. The molecule has 1 N–H and O–H groups in total. The van der Waals surface area contributed by atoms with Gasteiger partial charge < -0.3 is 4.74 Å². The molecule has 0 spiro atoms. The summed E-state index contributed by atoms with van der Waals surface area (Å²) in [6.45, 7) is 5.35. The molecule has 2 rings (SSSR count). The van der Waals surface area contributed by atoms with Crippen LogP contribution in [0.15, 0.2) is 30.5 Å². The van der Waals surface area contributed by atoms with E-state index in [1.165, 1.54) is 18.3 Å². The zero-order valence-electron chi connectivity index (χ0n) is 11.0. The van der Waals surface area contributed by atoms with Crippen LogP contribution in [0.1, 0.15) is 20.8 Å². The highest BCUT2D eigenvalue weighted by Crippen LogP contribution is 2.22. The monoisotopic (exact) mass is 262 g/mol. The third kappa shape index (κ3) is 3.40. The van der Waals surface area contributed by atoms with Crippen molar-refractivity contribution >= 4 is 22.7 Å². The SMILES string of the molecule is CC(C)(C)OC(=O)Nc1ccnc2cc(F)ccc12. The molecule has 0 aliphatic heterocycles. The number of hydrogen-bond donors (Lipinski definition) is 1. The molecule has 5 heteroatoms. The molecule has 4 nitrogen and oxygen atoms in total. The first-order chi connectivity index (χ1) is 8.85. The van der Waals surface area contributed by atoms with Crippen LogP contribution in [0, 0.1) is 5.82 Å². The summed E-state index contributed by atoms with van der Waals surface area (Å²) in [7, 11) is 0. The minimum atomic E-state index is -0.570. The molecule has 0 saturated carbocycles. The Balaban J connectivity index is 2.28. The van der Waals surface area contributed by atoms with E-state index >= 15 is 0 Å². The smallest absolute Gasteiger partial charge is 0.412 e. The zero-order valence-corrected chi connectivity index (χ0v) is 11.0. The van der Waals surface area contributed by atoms with Gasteiger partial charge in [-0.1, -0.05) is 0 Å². The second-order valence-electron chi connectivity index (χ2n) is 5.15. The van der Waals surface area contributed by atoms with Crippen LogP contribution < -0.4 is 5.32 Å². The van der Waals surface area contributed by atoms with Gasteiger partial charge in [-0.05, 0) is 39.0 Å². The number of carbonyl (C=O) groups is 1. The van der Waals surface area contributed by atoms with E-state index in [4.69, 9.17) is 4.74 Å². The number of aromatic nitrogens is 1. The van der Waals surface area contributed by atoms with E-state index < -0.39 is 11.7 Å². The minimum absolute atomic E-state index is 0.366. The summed E-state index contributed by atoms with van der Waals surface area (Å²) in [5.74, 6) is -0.366. The van der Waals surface area contributed by atoms with E-state index in [1.807, 2.05) is 0 Å². The van der Waals surface area contributed by atoms with Crippen LogP contribution in [0.25, 0.3) is 10.9 Å². The minimum Gasteiger partial charge on any atom is -0.444 e. The molecule has 0 aliphatic rings. The fourth-order valence-corrected chi connectivity index (χ4v) is 1.64. The summed E-state index contributed by atoms with van der Waals surface area (Å²) in [5.41, 5.74) is 0.451. The molecule has 0 fully saturated rings. The summed E-state index contributed by atoms with van der Waals surface area (Å²) < 4.78 is 18.3. The maximum Gasteiger partial charge on any atom is 0.412 e. The van der Waals surface area contributed by atoms with Crippen LogP contribution in [0.2, 0.25) is 0 Å². The van der Waals surface area contributed by atoms with Crippen LogP contribution in [0.5, 0.6) is 0 Å². The maximum absolute atomic E-state index is 13.1. The Morgan fingerprint density at radius 1 is 1.32 bits per heavy atom. The number of hydrogen-bond acceptors (Lipinski definition) is 3. The van der Waals surface area contributed by atoms with Crippen LogP contribution in [0.4, 0.5) is 14.9 Å². The van der Waals surface area contributed by atoms with Gasteiger partial charge in [0.1, 0.15) is 11.4 Å². The van der Waals surface area contributed by atoms with E-state index in [-0.39, 0.29) is 5.82 Å². The third-order valence-corrected chi connectivity index (χ3v) is 2.34. The Morgan fingerprint density at radius 3 is 2.74 bits per heavy atom. The number of benzene rings is 1. The molecule has 0 bridgehead atoms. The van der Waals surface area contributed by atoms with Gasteiger partial charge in [0.05, 0.1) is 11.2 Å². The molecule has 0 radical (unpaired) electrons. The average Bonchev–Trinajstić information content (AvgIpc) is 2.26. The quantitative estimate of drug-likeness (QED) is 0.852. The largest absolute Gasteiger partial charge is 0.444 e. The number of rotatable bonds is 1. The zero-order chi connectivity index (χ0) is 14.0. The molecule has 1 heterocycles. The van der Waals surface area contributed by atoms with Crippen molar-refractivity contribution in [3.05, 3.63) is 36.3 Å². The second-order valence-corrected chi connectivity index (χ2v) is 5.15. The lowest BCUT2D eigenvalue weighted by atomic mass is 10.2. The van der Waals surface area contributed by atoms with E-state index in [9.17, 15) is 9.18 Å². The molecule has 1 aromatic carbocycles. The molecule has 100 valence electrons. The van der Waals surface area contributed by atoms with E-state index in [0.717, 1.165) is 0 Å². The molecule has 0 saturated heterocycles. The summed E-state index contributed by atoms with van der Waals surface area (Å²) >= 11 is 0. The molecule has 2 aromatic rings. The number of ether oxygens (including phenoxy) is 1. The van der Waals surface area contributed by atoms with Crippen molar-refractivity contribution in [3.8, 4) is 0 Å². The first kappa shape index (κ1) is 13.3. The van der Waals surface area contributed by atoms with Crippen molar-refractivity contribution in [2.24, 2.45) is 0 Å². The number of anilines is 1. The first-order valence-electron chi connectivity index (χ1n) is 5.89. The van der Waals surface area contributed by atoms with Gasteiger partial charge in [-0.2, -0.15) is 0 Å². The van der Waals surface area contributed by atoms with Gasteiger partial charge in [-0.15, -0.1) is 0 Å². The van der Waals surface area contributed by atoms with Gasteiger partial charge in [0, 0.05) is 17.6 Å². The van der Waals surface area contributed by atoms with Crippen LogP contribution in [-0.2, 0) is 4.74 Å². The standard InChI is InChI=1S/C14H15FN2O2/c1-14(2,3)19-13(18)17-11-6-7-16-12-8-9(15)4-5-10(11)12/h4-8H,1-3H3,(H,16,17,18). The Hall–Kier alpha value is -2.17. The number of carbonyl (C=O) groups excluding carboxylic acids is 1. The number of fused-ring (bicyclic) bond motifs is 1. The predicted octanol–water partition coefficient (Wildman–Crippen LogP) is 3.72. The summed E-state index contributed by atoms with van der Waals surface area (Å²) in [6, 6.07) is 5.86. The Labute approximate surface area is 110 Å². The number of pyridine rings is 1. The fraction of sp³-hybridized carbons (Fsp3) is 0.286. The lowest BCUT2D eigenvalue weighted by Gasteiger charge is -2.20. The highest BCUT2D eigenvalue weighted by Gasteiger charge is 2.17. The van der Waals surface area contributed by atoms with E-state index in [2.05, 4.69) is 10.3 Å². The molecule has 1 aromatic heterocycles. The normalized spacial score (nSPS) is 11.4. The van der Waals surface area contributed by atoms with Crippen molar-refractivity contribution in [3.63, 3.8) is 0 Å². The van der Waals surface area contributed by atoms with Gasteiger partial charge in [-0.3, -0.25) is 10.3 Å². The molecular formula is C14H15FN2O2. The highest BCUT2D eigenvalue weighted by atomic mass is 19.1. The topological polar surface area (TPSA) is 51.2 Å². The van der Waals surface area contributed by atoms with Crippen molar-refractivity contribution in [2.45, 2.75) is 26.4 Å². The summed E-state index contributed by atoms with van der Waals surface area (Å²) in [4.78, 5) is 15.8. The molecule has 0 aliphatic carbocycles. The second kappa shape index (κ2) is 4.84. The van der Waals surface area contributed by atoms with Crippen molar-refractivity contribution in [1.82, 2.24) is 4.98 Å². The number of nitrogens with zero attached hydrogens (tertiary/aromatic N) is 1. The Morgan fingerprint density at radius 2 is 2.05 bits per heavy atom. The van der Waals surface area contributed by atoms with E-state index in [0.29, 0.717) is 16.6 Å². The van der Waals surface area contributed by atoms with E-state index in [1.54, 1.807) is 32.9 Å². The molecule has 0 unspecified atom stereocenters. The first-order valence-corrected chi connectivity index (χ1v) is 5.89. The molecule has 0 atom stereocenters. The van der Waals surface area contributed by atoms with Gasteiger partial charge in [0.25, 0.3) is 0 Å². The van der Waals surface area contributed by atoms with Gasteiger partial charge in [-0.25, -0.2) is 9.18 Å². The van der Waals surface area contributed by atoms with Crippen molar-refractivity contribution in [2.75, 3.05) is 5.32 Å². The van der Waals surface area contributed by atoms with Gasteiger partial charge in [0.15, 0.2) is 0 Å². The van der Waals surface area contributed by atoms with Crippen molar-refractivity contribution < 1.29 is 13.9 Å². The van der Waals surface area contributed by atoms with Crippen LogP contribution >= 0.6 is 0 Å². The lowest BCUT2D eigenvalue weighted by Crippen LogP contribution is -2.27. The van der Waals surface area contributed by atoms with Crippen molar-refractivity contribution in [1.29, 1.82) is 0 Å². The fourth-order valence-electron chi connectivity index (χ4n) is 1.64. The molecule has 19 heavy (non-hydrogen) atoms. The highest BCUT2D eigenvalue weighted by molar-refractivity contribution is 5.98. The van der Waals surface area contributed by atoms with Crippen LogP contribution in [0.3, 0.4) is 0 Å². The lowest BCUT2D eigenvalue weighted by molar-refractivity contribution is 0.0636. The number of halogens is 1. The molecule has 1 amide bonds. The molecular weight excluding hydrogens is 247 g/mol. The third-order valence-electron chi connectivity index (χ3n) is 2.34. The Kier molecular flexibility index (Phi) is 3.38. The predicted molar refractivity (Wildman–Crippen MR) is 71.6 cm³/mol. The van der Waals surface area contributed by atoms with Gasteiger partial charge >= 0.3 is 6.09 Å². The maximum atomic E-state index is 13.1. The summed E-state index contributed by atoms with van der Waals surface area (Å²) in [5, 5.41) is 3.30.